The van der Waals surface area contributed by atoms with Crippen molar-refractivity contribution in [3.05, 3.63) is 48.0 Å². The third-order valence-corrected chi connectivity index (χ3v) is 4.62. The number of rotatable bonds is 6. The van der Waals surface area contributed by atoms with E-state index in [1.54, 1.807) is 0 Å². The molecule has 1 amide bonds. The summed E-state index contributed by atoms with van der Waals surface area (Å²) < 4.78 is 10.2. The number of morpholine rings is 1. The van der Waals surface area contributed by atoms with Crippen LogP contribution in [0.2, 0.25) is 0 Å². The van der Waals surface area contributed by atoms with Gasteiger partial charge in [-0.3, -0.25) is 4.79 Å². The van der Waals surface area contributed by atoms with Gasteiger partial charge in [-0.15, -0.1) is 0 Å². The molecule has 0 aliphatic carbocycles. The molecule has 29 heavy (non-hydrogen) atoms. The molecule has 2 aromatic rings. The molecule has 4 nitrogen and oxygen atoms in total. The number of nitrogens with zero attached hydrogens (tertiary/aromatic N) is 1. The van der Waals surface area contributed by atoms with Crippen molar-refractivity contribution in [2.75, 3.05) is 39.5 Å². The fraction of sp³-hybridized carbons (Fsp3) is 0.560. The molecule has 1 aliphatic heterocycles. The molecule has 4 heteroatoms. The van der Waals surface area contributed by atoms with E-state index in [2.05, 4.69) is 63.2 Å². The molecule has 0 N–H and O–H groups in total. The van der Waals surface area contributed by atoms with E-state index in [0.717, 1.165) is 45.6 Å². The SMILES string of the molecule is CCC(=O)N1CCOCC1.CCCOCCC.CCc1cccc2ccccc12. The summed E-state index contributed by atoms with van der Waals surface area (Å²) >= 11 is 0. The zero-order valence-electron chi connectivity index (χ0n) is 18.8. The van der Waals surface area contributed by atoms with Crippen molar-refractivity contribution in [3.63, 3.8) is 0 Å². The van der Waals surface area contributed by atoms with Gasteiger partial charge in [0.25, 0.3) is 0 Å². The van der Waals surface area contributed by atoms with Crippen LogP contribution in [0.4, 0.5) is 0 Å². The van der Waals surface area contributed by atoms with Crippen LogP contribution in [0.3, 0.4) is 0 Å². The lowest BCUT2D eigenvalue weighted by molar-refractivity contribution is -0.134. The van der Waals surface area contributed by atoms with Crippen LogP contribution in [-0.2, 0) is 20.7 Å². The van der Waals surface area contributed by atoms with E-state index in [0.29, 0.717) is 19.6 Å². The highest BCUT2D eigenvalue weighted by Gasteiger charge is 2.13. The third kappa shape index (κ3) is 9.91. The number of carbonyl (C=O) groups excluding carboxylic acids is 1. The standard InChI is InChI=1S/C12H12.C7H13NO2.C6H14O/c1-2-10-7-5-8-11-6-3-4-9-12(10)11;1-2-7(9)8-3-5-10-6-4-8;1-3-5-7-6-4-2/h3-9H,2H2,1H3;2-6H2,1H3;3-6H2,1-2H3. The highest BCUT2D eigenvalue weighted by molar-refractivity contribution is 5.85. The number of aryl methyl sites for hydroxylation is 1. The Bertz CT molecular complexity index is 671. The molecule has 1 fully saturated rings. The Kier molecular flexibility index (Phi) is 13.8. The second-order valence-electron chi connectivity index (χ2n) is 6.95. The number of fused-ring (bicyclic) bond motifs is 1. The van der Waals surface area contributed by atoms with E-state index in [9.17, 15) is 4.79 Å². The lowest BCUT2D eigenvalue weighted by Crippen LogP contribution is -2.40. The van der Waals surface area contributed by atoms with Gasteiger partial charge in [-0.1, -0.05) is 70.2 Å². The van der Waals surface area contributed by atoms with E-state index in [1.165, 1.54) is 16.3 Å². The van der Waals surface area contributed by atoms with Crippen molar-refractivity contribution in [1.82, 2.24) is 4.90 Å². The molecular formula is C25H39NO3. The van der Waals surface area contributed by atoms with Gasteiger partial charge in [0.2, 0.25) is 5.91 Å². The molecule has 162 valence electrons. The van der Waals surface area contributed by atoms with Gasteiger partial charge in [-0.2, -0.15) is 0 Å². The Labute approximate surface area is 177 Å². The number of hydrogen-bond donors (Lipinski definition) is 0. The summed E-state index contributed by atoms with van der Waals surface area (Å²) in [5.74, 6) is 0.239. The van der Waals surface area contributed by atoms with E-state index < -0.39 is 0 Å². The van der Waals surface area contributed by atoms with Crippen molar-refractivity contribution >= 4 is 16.7 Å². The van der Waals surface area contributed by atoms with Crippen molar-refractivity contribution < 1.29 is 14.3 Å². The topological polar surface area (TPSA) is 38.8 Å². The van der Waals surface area contributed by atoms with E-state index >= 15 is 0 Å². The molecule has 1 heterocycles. The largest absolute Gasteiger partial charge is 0.381 e. The Morgan fingerprint density at radius 3 is 2.14 bits per heavy atom. The maximum Gasteiger partial charge on any atom is 0.222 e. The Hall–Kier alpha value is -1.91. The van der Waals surface area contributed by atoms with E-state index in [4.69, 9.17) is 9.47 Å². The Morgan fingerprint density at radius 1 is 0.931 bits per heavy atom. The van der Waals surface area contributed by atoms with Crippen LogP contribution in [0.5, 0.6) is 0 Å². The monoisotopic (exact) mass is 401 g/mol. The van der Waals surface area contributed by atoms with Gasteiger partial charge in [0, 0.05) is 32.7 Å². The van der Waals surface area contributed by atoms with Gasteiger partial charge < -0.3 is 14.4 Å². The third-order valence-electron chi connectivity index (χ3n) is 4.62. The zero-order valence-corrected chi connectivity index (χ0v) is 18.8. The summed E-state index contributed by atoms with van der Waals surface area (Å²) in [6, 6.07) is 15.0. The summed E-state index contributed by atoms with van der Waals surface area (Å²) in [7, 11) is 0. The van der Waals surface area contributed by atoms with Gasteiger partial charge in [0.1, 0.15) is 0 Å². The van der Waals surface area contributed by atoms with Crippen LogP contribution in [0.25, 0.3) is 10.8 Å². The molecule has 0 unspecified atom stereocenters. The van der Waals surface area contributed by atoms with Crippen molar-refractivity contribution in [2.24, 2.45) is 0 Å². The Balaban J connectivity index is 0.000000227. The average molecular weight is 402 g/mol. The van der Waals surface area contributed by atoms with Gasteiger partial charge in [-0.25, -0.2) is 0 Å². The quantitative estimate of drug-likeness (QED) is 0.602. The fourth-order valence-electron chi connectivity index (χ4n) is 3.03. The summed E-state index contributed by atoms with van der Waals surface area (Å²) in [5, 5.41) is 2.74. The smallest absolute Gasteiger partial charge is 0.222 e. The van der Waals surface area contributed by atoms with Gasteiger partial charge in [0.05, 0.1) is 13.2 Å². The molecular weight excluding hydrogens is 362 g/mol. The first kappa shape index (κ1) is 25.1. The molecule has 0 radical (unpaired) electrons. The van der Waals surface area contributed by atoms with Crippen molar-refractivity contribution in [3.8, 4) is 0 Å². The molecule has 0 atom stereocenters. The lowest BCUT2D eigenvalue weighted by Gasteiger charge is -2.26. The number of ether oxygens (including phenoxy) is 2. The van der Waals surface area contributed by atoms with Crippen LogP contribution in [0.15, 0.2) is 42.5 Å². The molecule has 0 aromatic heterocycles. The second-order valence-corrected chi connectivity index (χ2v) is 6.95. The van der Waals surface area contributed by atoms with Gasteiger partial charge >= 0.3 is 0 Å². The lowest BCUT2D eigenvalue weighted by atomic mass is 10.0. The highest BCUT2D eigenvalue weighted by Crippen LogP contribution is 2.18. The molecule has 1 aliphatic rings. The number of amides is 1. The second kappa shape index (κ2) is 15.9. The highest BCUT2D eigenvalue weighted by atomic mass is 16.5. The summed E-state index contributed by atoms with van der Waals surface area (Å²) in [6.07, 6.45) is 4.00. The maximum atomic E-state index is 11.0. The fourth-order valence-corrected chi connectivity index (χ4v) is 3.03. The van der Waals surface area contributed by atoms with Crippen LogP contribution in [-0.4, -0.2) is 50.3 Å². The first-order chi connectivity index (χ1) is 14.2. The number of benzene rings is 2. The predicted molar refractivity (Wildman–Crippen MR) is 122 cm³/mol. The minimum Gasteiger partial charge on any atom is -0.381 e. The molecule has 0 spiro atoms. The molecule has 0 saturated carbocycles. The maximum absolute atomic E-state index is 11.0. The van der Waals surface area contributed by atoms with Crippen LogP contribution < -0.4 is 0 Å². The molecule has 1 saturated heterocycles. The molecule has 3 rings (SSSR count). The van der Waals surface area contributed by atoms with Crippen LogP contribution in [0.1, 0.15) is 52.5 Å². The van der Waals surface area contributed by atoms with E-state index in [1.807, 2.05) is 11.8 Å². The summed E-state index contributed by atoms with van der Waals surface area (Å²) in [6.45, 7) is 13.1. The summed E-state index contributed by atoms with van der Waals surface area (Å²) in [4.78, 5) is 12.9. The predicted octanol–water partition coefficient (Wildman–Crippen LogP) is 5.48. The summed E-state index contributed by atoms with van der Waals surface area (Å²) in [5.41, 5.74) is 1.44. The number of hydrogen-bond acceptors (Lipinski definition) is 3. The first-order valence-electron chi connectivity index (χ1n) is 11.1. The molecule has 2 aromatic carbocycles. The minimum atomic E-state index is 0.239. The Morgan fingerprint density at radius 2 is 1.55 bits per heavy atom. The van der Waals surface area contributed by atoms with Crippen LogP contribution in [0, 0.1) is 0 Å². The zero-order chi connectivity index (χ0) is 21.3. The molecule has 0 bridgehead atoms. The van der Waals surface area contributed by atoms with Gasteiger partial charge in [0.15, 0.2) is 0 Å². The average Bonchev–Trinajstić information content (AvgIpc) is 2.80. The van der Waals surface area contributed by atoms with Gasteiger partial charge in [-0.05, 0) is 35.6 Å². The first-order valence-corrected chi connectivity index (χ1v) is 11.1. The van der Waals surface area contributed by atoms with Crippen molar-refractivity contribution in [1.29, 1.82) is 0 Å². The minimum absolute atomic E-state index is 0.239. The van der Waals surface area contributed by atoms with Crippen molar-refractivity contribution in [2.45, 2.75) is 53.4 Å². The number of carbonyl (C=O) groups is 1. The van der Waals surface area contributed by atoms with Crippen LogP contribution >= 0.6 is 0 Å². The normalized spacial score (nSPS) is 13.2. The van der Waals surface area contributed by atoms with E-state index in [-0.39, 0.29) is 5.91 Å².